The Balaban J connectivity index is 1.47. The van der Waals surface area contributed by atoms with E-state index in [1.165, 1.54) is 0 Å². The summed E-state index contributed by atoms with van der Waals surface area (Å²) in [6.07, 6.45) is 0.466. The fourth-order valence-corrected chi connectivity index (χ4v) is 3.08. The zero-order valence-electron chi connectivity index (χ0n) is 15.5. The van der Waals surface area contributed by atoms with E-state index in [0.717, 1.165) is 16.8 Å². The minimum atomic E-state index is -0.241. The number of aromatic nitrogens is 2. The summed E-state index contributed by atoms with van der Waals surface area (Å²) in [6, 6.07) is 21.4. The molecule has 0 saturated carbocycles. The number of carbonyl (C=O) groups excluding carboxylic acids is 1. The molecule has 1 aliphatic heterocycles. The fourth-order valence-electron chi connectivity index (χ4n) is 3.08. The summed E-state index contributed by atoms with van der Waals surface area (Å²) in [7, 11) is 0. The molecule has 1 aromatic heterocycles. The molecule has 0 aliphatic carbocycles. The van der Waals surface area contributed by atoms with Gasteiger partial charge in [0.05, 0.1) is 5.69 Å². The number of rotatable bonds is 5. The average molecular weight is 372 g/mol. The van der Waals surface area contributed by atoms with Crippen molar-refractivity contribution in [1.29, 1.82) is 0 Å². The third-order valence-electron chi connectivity index (χ3n) is 4.50. The van der Waals surface area contributed by atoms with E-state index in [9.17, 15) is 4.79 Å². The molecular weight excluding hydrogens is 352 g/mol. The third-order valence-corrected chi connectivity index (χ3v) is 4.50. The Hall–Kier alpha value is -3.54. The van der Waals surface area contributed by atoms with Gasteiger partial charge >= 0.3 is 0 Å². The van der Waals surface area contributed by atoms with Crippen LogP contribution in [0.25, 0.3) is 0 Å². The highest BCUT2D eigenvalue weighted by Crippen LogP contribution is 2.28. The highest BCUT2D eigenvalue weighted by atomic mass is 16.6. The second-order valence-electron chi connectivity index (χ2n) is 6.60. The summed E-state index contributed by atoms with van der Waals surface area (Å²) in [4.78, 5) is 26.8. The predicted molar refractivity (Wildman–Crippen MR) is 106 cm³/mol. The molecule has 3 aromatic rings. The van der Waals surface area contributed by atoms with E-state index < -0.39 is 0 Å². The van der Waals surface area contributed by atoms with Gasteiger partial charge in [-0.2, -0.15) is 0 Å². The molecule has 1 N–H and O–H groups in total. The topological polar surface area (TPSA) is 76.5 Å². The summed E-state index contributed by atoms with van der Waals surface area (Å²) in [5.41, 5.74) is 3.76. The molecular formula is C22H20N4O2. The van der Waals surface area contributed by atoms with E-state index in [-0.39, 0.29) is 12.0 Å². The van der Waals surface area contributed by atoms with Crippen LogP contribution in [0.15, 0.2) is 71.9 Å². The van der Waals surface area contributed by atoms with Gasteiger partial charge in [0, 0.05) is 13.0 Å². The number of nitrogens with zero attached hydrogens (tertiary/aromatic N) is 3. The van der Waals surface area contributed by atoms with Gasteiger partial charge in [0.2, 0.25) is 0 Å². The van der Waals surface area contributed by atoms with Crippen molar-refractivity contribution in [2.75, 3.05) is 0 Å². The number of hydrogen-bond donors (Lipinski definition) is 1. The summed E-state index contributed by atoms with van der Waals surface area (Å²) in [5, 5.41) is 7.09. The molecule has 0 saturated heterocycles. The van der Waals surface area contributed by atoms with Crippen LogP contribution in [0.5, 0.6) is 0 Å². The number of benzene rings is 2. The molecule has 0 bridgehead atoms. The van der Waals surface area contributed by atoms with Crippen molar-refractivity contribution in [3.8, 4) is 0 Å². The summed E-state index contributed by atoms with van der Waals surface area (Å²) in [5.74, 6) is 0.281. The second-order valence-corrected chi connectivity index (χ2v) is 6.60. The Labute approximate surface area is 163 Å². The monoisotopic (exact) mass is 372 g/mol. The normalized spacial score (nSPS) is 15.6. The molecule has 1 unspecified atom stereocenters. The van der Waals surface area contributed by atoms with E-state index in [0.29, 0.717) is 30.2 Å². The lowest BCUT2D eigenvalue weighted by Gasteiger charge is -2.08. The number of carbonyl (C=O) groups is 1. The van der Waals surface area contributed by atoms with E-state index in [4.69, 9.17) is 4.84 Å². The first-order chi connectivity index (χ1) is 13.7. The summed E-state index contributed by atoms with van der Waals surface area (Å²) in [6.45, 7) is 2.21. The average Bonchev–Trinajstić information content (AvgIpc) is 3.23. The van der Waals surface area contributed by atoms with Crippen molar-refractivity contribution in [2.24, 2.45) is 5.16 Å². The van der Waals surface area contributed by atoms with E-state index >= 15 is 0 Å². The number of nitrogens with one attached hydrogen (secondary N) is 1. The van der Waals surface area contributed by atoms with Gasteiger partial charge in [0.1, 0.15) is 17.2 Å². The molecule has 1 atom stereocenters. The van der Waals surface area contributed by atoms with Gasteiger partial charge in [0.15, 0.2) is 6.10 Å². The number of aryl methyl sites for hydroxylation is 1. The third kappa shape index (κ3) is 4.06. The SMILES string of the molecule is Cc1nc(C(=O)NCc2ccccc2)cc(C2=NOC(c3ccccc3)C2)n1. The molecule has 140 valence electrons. The molecule has 2 aromatic carbocycles. The van der Waals surface area contributed by atoms with Crippen LogP contribution in [0.3, 0.4) is 0 Å². The zero-order valence-corrected chi connectivity index (χ0v) is 15.5. The Bertz CT molecular complexity index is 1000. The van der Waals surface area contributed by atoms with Crippen molar-refractivity contribution >= 4 is 11.6 Å². The van der Waals surface area contributed by atoms with Crippen molar-refractivity contribution in [3.05, 3.63) is 95.1 Å². The van der Waals surface area contributed by atoms with E-state index in [2.05, 4.69) is 20.4 Å². The highest BCUT2D eigenvalue weighted by molar-refractivity contribution is 6.02. The zero-order chi connectivity index (χ0) is 19.3. The van der Waals surface area contributed by atoms with Crippen LogP contribution in [-0.2, 0) is 11.4 Å². The molecule has 2 heterocycles. The van der Waals surface area contributed by atoms with Gasteiger partial charge in [-0.3, -0.25) is 4.79 Å². The van der Waals surface area contributed by atoms with Gasteiger partial charge in [-0.05, 0) is 24.1 Å². The van der Waals surface area contributed by atoms with Crippen LogP contribution < -0.4 is 5.32 Å². The van der Waals surface area contributed by atoms with E-state index in [1.54, 1.807) is 13.0 Å². The molecule has 28 heavy (non-hydrogen) atoms. The van der Waals surface area contributed by atoms with Crippen LogP contribution >= 0.6 is 0 Å². The van der Waals surface area contributed by atoms with Gasteiger partial charge in [0.25, 0.3) is 5.91 Å². The summed E-state index contributed by atoms with van der Waals surface area (Å²) >= 11 is 0. The Morgan fingerprint density at radius 2 is 1.79 bits per heavy atom. The second kappa shape index (κ2) is 8.00. The first-order valence-corrected chi connectivity index (χ1v) is 9.15. The van der Waals surface area contributed by atoms with Crippen molar-refractivity contribution in [2.45, 2.75) is 26.0 Å². The standard InChI is InChI=1S/C22H20N4O2/c1-15-24-18(19-13-21(28-26-19)17-10-6-3-7-11-17)12-20(25-15)22(27)23-14-16-8-4-2-5-9-16/h2-12,21H,13-14H2,1H3,(H,23,27). The first-order valence-electron chi connectivity index (χ1n) is 9.15. The lowest BCUT2D eigenvalue weighted by atomic mass is 10.0. The largest absolute Gasteiger partial charge is 0.387 e. The fraction of sp³-hybridized carbons (Fsp3) is 0.182. The van der Waals surface area contributed by atoms with Crippen LogP contribution in [0.2, 0.25) is 0 Å². The van der Waals surface area contributed by atoms with Crippen LogP contribution in [-0.4, -0.2) is 21.6 Å². The van der Waals surface area contributed by atoms with Crippen molar-refractivity contribution < 1.29 is 9.63 Å². The molecule has 1 amide bonds. The Kier molecular flexibility index (Phi) is 5.10. The number of amides is 1. The molecule has 0 radical (unpaired) electrons. The number of hydrogen-bond acceptors (Lipinski definition) is 5. The molecule has 0 fully saturated rings. The van der Waals surface area contributed by atoms with Crippen LogP contribution in [0.4, 0.5) is 0 Å². The van der Waals surface area contributed by atoms with Gasteiger partial charge < -0.3 is 10.2 Å². The van der Waals surface area contributed by atoms with Gasteiger partial charge in [-0.1, -0.05) is 65.8 Å². The Morgan fingerprint density at radius 1 is 1.07 bits per heavy atom. The minimum Gasteiger partial charge on any atom is -0.387 e. The maximum absolute atomic E-state index is 12.6. The molecule has 0 spiro atoms. The number of oxime groups is 1. The van der Waals surface area contributed by atoms with Gasteiger partial charge in [-0.15, -0.1) is 0 Å². The first kappa shape index (κ1) is 17.9. The van der Waals surface area contributed by atoms with Gasteiger partial charge in [-0.25, -0.2) is 9.97 Å². The van der Waals surface area contributed by atoms with Crippen molar-refractivity contribution in [3.63, 3.8) is 0 Å². The molecule has 6 heteroatoms. The quantitative estimate of drug-likeness (QED) is 0.743. The summed E-state index contributed by atoms with van der Waals surface area (Å²) < 4.78 is 0. The smallest absolute Gasteiger partial charge is 0.270 e. The predicted octanol–water partition coefficient (Wildman–Crippen LogP) is 3.58. The lowest BCUT2D eigenvalue weighted by Crippen LogP contribution is -2.25. The Morgan fingerprint density at radius 3 is 2.54 bits per heavy atom. The molecule has 6 nitrogen and oxygen atoms in total. The van der Waals surface area contributed by atoms with Crippen LogP contribution in [0, 0.1) is 6.92 Å². The molecule has 1 aliphatic rings. The van der Waals surface area contributed by atoms with E-state index in [1.807, 2.05) is 60.7 Å². The lowest BCUT2D eigenvalue weighted by molar-refractivity contribution is 0.0857. The van der Waals surface area contributed by atoms with Crippen LogP contribution in [0.1, 0.15) is 45.7 Å². The highest BCUT2D eigenvalue weighted by Gasteiger charge is 2.25. The maximum atomic E-state index is 12.6. The maximum Gasteiger partial charge on any atom is 0.270 e. The molecule has 4 rings (SSSR count). The minimum absolute atomic E-state index is 0.137. The van der Waals surface area contributed by atoms with Crippen molar-refractivity contribution in [1.82, 2.24) is 15.3 Å².